The lowest BCUT2D eigenvalue weighted by molar-refractivity contribution is 0.0695. The van der Waals surface area contributed by atoms with Crippen molar-refractivity contribution in [2.45, 2.75) is 4.90 Å². The van der Waals surface area contributed by atoms with Crippen LogP contribution in [0.5, 0.6) is 0 Å². The Labute approximate surface area is 81.9 Å². The molecule has 0 fully saturated rings. The fraction of sp³-hybridized carbons (Fsp3) is 0. The molecule has 0 radical (unpaired) electrons. The summed E-state index contributed by atoms with van der Waals surface area (Å²) in [6.45, 7) is 0. The zero-order chi connectivity index (χ0) is 9.30. The highest BCUT2D eigenvalue weighted by Gasteiger charge is 2.12. The maximum atomic E-state index is 12.8. The van der Waals surface area contributed by atoms with Gasteiger partial charge >= 0.3 is 5.97 Å². The van der Waals surface area contributed by atoms with E-state index in [2.05, 4.69) is 28.6 Å². The molecule has 0 amide bonds. The molecule has 0 saturated carbocycles. The quantitative estimate of drug-likeness (QED) is 0.752. The number of hydrogen-bond donors (Lipinski definition) is 2. The highest BCUT2D eigenvalue weighted by atomic mass is 79.9. The summed E-state index contributed by atoms with van der Waals surface area (Å²) in [4.78, 5) is 10.8. The summed E-state index contributed by atoms with van der Waals surface area (Å²) >= 11 is 6.67. The van der Waals surface area contributed by atoms with Gasteiger partial charge in [-0.2, -0.15) is 0 Å². The second kappa shape index (κ2) is 3.45. The van der Waals surface area contributed by atoms with Crippen LogP contribution in [0.2, 0.25) is 0 Å². The molecular formula is C7H4BrFO2S. The molecule has 0 aliphatic heterocycles. The molecule has 0 aromatic heterocycles. The van der Waals surface area contributed by atoms with Crippen molar-refractivity contribution in [3.05, 3.63) is 28.0 Å². The molecular weight excluding hydrogens is 247 g/mol. The van der Waals surface area contributed by atoms with Gasteiger partial charge in [0.15, 0.2) is 0 Å². The second-order valence-electron chi connectivity index (χ2n) is 2.09. The number of carbonyl (C=O) groups is 1. The molecule has 1 N–H and O–H groups in total. The predicted octanol–water partition coefficient (Wildman–Crippen LogP) is 2.58. The van der Waals surface area contributed by atoms with Crippen LogP contribution in [0.1, 0.15) is 10.4 Å². The summed E-state index contributed by atoms with van der Waals surface area (Å²) in [5, 5.41) is 8.58. The lowest BCUT2D eigenvalue weighted by Crippen LogP contribution is -1.99. The Kier molecular flexibility index (Phi) is 2.74. The van der Waals surface area contributed by atoms with Crippen LogP contribution in [0, 0.1) is 5.82 Å². The van der Waals surface area contributed by atoms with E-state index in [0.717, 1.165) is 6.07 Å². The van der Waals surface area contributed by atoms with Gasteiger partial charge in [-0.25, -0.2) is 9.18 Å². The standard InChI is InChI=1S/C7H4BrFO2S/c8-6-4(7(10)11)1-3(12)2-5(6)9/h1-2,12H,(H,10,11). The van der Waals surface area contributed by atoms with E-state index >= 15 is 0 Å². The normalized spacial score (nSPS) is 9.92. The van der Waals surface area contributed by atoms with Gasteiger partial charge in [0, 0.05) is 4.90 Å². The highest BCUT2D eigenvalue weighted by Crippen LogP contribution is 2.24. The number of rotatable bonds is 1. The van der Waals surface area contributed by atoms with Crippen molar-refractivity contribution < 1.29 is 14.3 Å². The van der Waals surface area contributed by atoms with Crippen molar-refractivity contribution in [3.8, 4) is 0 Å². The summed E-state index contributed by atoms with van der Waals surface area (Å²) in [7, 11) is 0. The molecule has 0 aliphatic carbocycles. The number of carboxylic acids is 1. The maximum absolute atomic E-state index is 12.8. The van der Waals surface area contributed by atoms with E-state index in [4.69, 9.17) is 5.11 Å². The molecule has 0 bridgehead atoms. The smallest absolute Gasteiger partial charge is 0.336 e. The Balaban J connectivity index is 3.37. The van der Waals surface area contributed by atoms with Gasteiger partial charge in [0.25, 0.3) is 0 Å². The van der Waals surface area contributed by atoms with Crippen LogP contribution in [0.3, 0.4) is 0 Å². The molecule has 0 heterocycles. The average molecular weight is 251 g/mol. The zero-order valence-corrected chi connectivity index (χ0v) is 8.19. The summed E-state index contributed by atoms with van der Waals surface area (Å²) in [5.41, 5.74) is -0.125. The molecule has 1 aromatic rings. The van der Waals surface area contributed by atoms with Crippen molar-refractivity contribution >= 4 is 34.5 Å². The molecule has 2 nitrogen and oxygen atoms in total. The van der Waals surface area contributed by atoms with Crippen LogP contribution in [0.4, 0.5) is 4.39 Å². The zero-order valence-electron chi connectivity index (χ0n) is 5.71. The minimum Gasteiger partial charge on any atom is -0.478 e. The van der Waals surface area contributed by atoms with Crippen molar-refractivity contribution in [1.29, 1.82) is 0 Å². The average Bonchev–Trinajstić information content (AvgIpc) is 1.96. The molecule has 1 rings (SSSR count). The molecule has 5 heteroatoms. The molecule has 1 aromatic carbocycles. The Morgan fingerprint density at radius 3 is 2.67 bits per heavy atom. The van der Waals surface area contributed by atoms with E-state index in [1.54, 1.807) is 0 Å². The first-order chi connectivity index (χ1) is 5.52. The number of hydrogen-bond acceptors (Lipinski definition) is 2. The van der Waals surface area contributed by atoms with Gasteiger partial charge in [-0.05, 0) is 28.1 Å². The van der Waals surface area contributed by atoms with Crippen LogP contribution in [-0.4, -0.2) is 11.1 Å². The van der Waals surface area contributed by atoms with Gasteiger partial charge in [0.2, 0.25) is 0 Å². The minimum absolute atomic E-state index is 0.0483. The topological polar surface area (TPSA) is 37.3 Å². The molecule has 0 saturated heterocycles. The fourth-order valence-electron chi connectivity index (χ4n) is 0.730. The van der Waals surface area contributed by atoms with Crippen LogP contribution >= 0.6 is 28.6 Å². The number of halogens is 2. The summed E-state index contributed by atoms with van der Waals surface area (Å²) in [5.74, 6) is -1.81. The SMILES string of the molecule is O=C(O)c1cc(S)cc(F)c1Br. The molecule has 0 aliphatic rings. The molecule has 0 atom stereocenters. The monoisotopic (exact) mass is 250 g/mol. The van der Waals surface area contributed by atoms with Crippen LogP contribution < -0.4 is 0 Å². The van der Waals surface area contributed by atoms with Gasteiger partial charge in [0.05, 0.1) is 10.0 Å². The lowest BCUT2D eigenvalue weighted by atomic mass is 10.2. The number of benzene rings is 1. The van der Waals surface area contributed by atoms with Crippen molar-refractivity contribution in [3.63, 3.8) is 0 Å². The maximum Gasteiger partial charge on any atom is 0.336 e. The number of thiol groups is 1. The number of carboxylic acid groups (broad SMARTS) is 1. The van der Waals surface area contributed by atoms with Gasteiger partial charge in [-0.1, -0.05) is 0 Å². The van der Waals surface area contributed by atoms with E-state index in [9.17, 15) is 9.18 Å². The lowest BCUT2D eigenvalue weighted by Gasteiger charge is -2.00. The van der Waals surface area contributed by atoms with Crippen molar-refractivity contribution in [2.75, 3.05) is 0 Å². The fourth-order valence-corrected chi connectivity index (χ4v) is 1.37. The van der Waals surface area contributed by atoms with E-state index in [0.29, 0.717) is 0 Å². The summed E-state index contributed by atoms with van der Waals surface area (Å²) < 4.78 is 12.8. The third-order valence-corrected chi connectivity index (χ3v) is 2.31. The second-order valence-corrected chi connectivity index (χ2v) is 3.40. The van der Waals surface area contributed by atoms with Crippen LogP contribution in [0.15, 0.2) is 21.5 Å². The first-order valence-corrected chi connectivity index (χ1v) is 4.17. The first kappa shape index (κ1) is 9.54. The highest BCUT2D eigenvalue weighted by molar-refractivity contribution is 9.10. The minimum atomic E-state index is -1.18. The van der Waals surface area contributed by atoms with Crippen molar-refractivity contribution in [1.82, 2.24) is 0 Å². The first-order valence-electron chi connectivity index (χ1n) is 2.93. The number of aromatic carboxylic acids is 1. The van der Waals surface area contributed by atoms with E-state index in [1.807, 2.05) is 0 Å². The van der Waals surface area contributed by atoms with Gasteiger partial charge in [0.1, 0.15) is 5.82 Å². The molecule has 0 spiro atoms. The van der Waals surface area contributed by atoms with E-state index in [1.165, 1.54) is 6.07 Å². The van der Waals surface area contributed by atoms with Crippen LogP contribution in [0.25, 0.3) is 0 Å². The Bertz CT molecular complexity index is 340. The third kappa shape index (κ3) is 1.78. The van der Waals surface area contributed by atoms with Gasteiger partial charge in [-0.3, -0.25) is 0 Å². The Morgan fingerprint density at radius 2 is 2.17 bits per heavy atom. The predicted molar refractivity (Wildman–Crippen MR) is 48.3 cm³/mol. The van der Waals surface area contributed by atoms with Gasteiger partial charge in [-0.15, -0.1) is 12.6 Å². The third-order valence-electron chi connectivity index (χ3n) is 1.24. The van der Waals surface area contributed by atoms with E-state index < -0.39 is 11.8 Å². The largest absolute Gasteiger partial charge is 0.478 e. The van der Waals surface area contributed by atoms with Gasteiger partial charge < -0.3 is 5.11 Å². The Hall–Kier alpha value is -0.550. The van der Waals surface area contributed by atoms with Crippen LogP contribution in [-0.2, 0) is 0 Å². The van der Waals surface area contributed by atoms with E-state index in [-0.39, 0.29) is 14.9 Å². The Morgan fingerprint density at radius 1 is 1.58 bits per heavy atom. The summed E-state index contributed by atoms with van der Waals surface area (Å²) in [6, 6.07) is 2.41. The molecule has 12 heavy (non-hydrogen) atoms. The summed E-state index contributed by atoms with van der Waals surface area (Å²) in [6.07, 6.45) is 0. The molecule has 64 valence electrons. The van der Waals surface area contributed by atoms with Crippen molar-refractivity contribution in [2.24, 2.45) is 0 Å². The molecule has 0 unspecified atom stereocenters.